The molecule has 0 spiro atoms. The number of rotatable bonds is 10. The van der Waals surface area contributed by atoms with Crippen LogP contribution in [0.5, 0.6) is 0 Å². The number of aliphatic hydroxyl groups excluding tert-OH is 2. The van der Waals surface area contributed by atoms with Crippen LogP contribution in [0.3, 0.4) is 0 Å². The summed E-state index contributed by atoms with van der Waals surface area (Å²) in [6.07, 6.45) is 0. The molecule has 12 heteroatoms. The first-order valence-electron chi connectivity index (χ1n) is 5.27. The molecule has 0 heterocycles. The fourth-order valence-corrected chi connectivity index (χ4v) is 7.99. The van der Waals surface area contributed by atoms with Crippen LogP contribution in [0, 0.1) is 0 Å². The zero-order valence-electron chi connectivity index (χ0n) is 10.2. The van der Waals surface area contributed by atoms with Gasteiger partial charge >= 0.3 is 0 Å². The minimum absolute atomic E-state index is 0.143. The van der Waals surface area contributed by atoms with Gasteiger partial charge in [-0.05, 0) is 23.6 Å². The molecule has 2 unspecified atom stereocenters. The van der Waals surface area contributed by atoms with Crippen molar-refractivity contribution in [2.24, 2.45) is 11.5 Å². The van der Waals surface area contributed by atoms with Crippen LogP contribution in [0.15, 0.2) is 0 Å². The molecule has 0 radical (unpaired) electrons. The van der Waals surface area contributed by atoms with Gasteiger partial charge in [-0.2, -0.15) is 0 Å². The summed E-state index contributed by atoms with van der Waals surface area (Å²) < 4.78 is 9.98. The van der Waals surface area contributed by atoms with E-state index in [1.165, 1.54) is 0 Å². The van der Waals surface area contributed by atoms with Crippen molar-refractivity contribution in [1.82, 2.24) is 0 Å². The minimum atomic E-state index is -3.34. The predicted octanol–water partition coefficient (Wildman–Crippen LogP) is -1.78. The Morgan fingerprint density at radius 2 is 1.21 bits per heavy atom. The van der Waals surface area contributed by atoms with E-state index in [-0.39, 0.29) is 32.3 Å². The lowest BCUT2D eigenvalue weighted by Gasteiger charge is -2.23. The predicted molar refractivity (Wildman–Crippen MR) is 79.9 cm³/mol. The lowest BCUT2D eigenvalue weighted by atomic mass is 10.4. The van der Waals surface area contributed by atoms with Gasteiger partial charge in [0.15, 0.2) is 13.0 Å². The zero-order valence-corrected chi connectivity index (χ0v) is 13.6. The van der Waals surface area contributed by atoms with Crippen LogP contribution < -0.4 is 11.5 Å². The van der Waals surface area contributed by atoms with Crippen LogP contribution in [0.1, 0.15) is 0 Å². The molecule has 0 bridgehead atoms. The molecule has 8 nitrogen and oxygen atoms in total. The normalized spacial score (nSPS) is 21.4. The quantitative estimate of drug-likeness (QED) is 0.248. The van der Waals surface area contributed by atoms with E-state index in [4.69, 9.17) is 54.3 Å². The maximum Gasteiger partial charge on any atom is 0.195 e. The highest BCUT2D eigenvalue weighted by molar-refractivity contribution is 8.18. The van der Waals surface area contributed by atoms with Crippen molar-refractivity contribution < 1.29 is 29.0 Å². The highest BCUT2D eigenvalue weighted by atomic mass is 32.5. The summed E-state index contributed by atoms with van der Waals surface area (Å²) in [4.78, 5) is 19.6. The molecule has 0 saturated heterocycles. The number of aliphatic hydroxyl groups is 2. The molecule has 0 fully saturated rings. The van der Waals surface area contributed by atoms with E-state index in [2.05, 4.69) is 0 Å². The summed E-state index contributed by atoms with van der Waals surface area (Å²) in [5.41, 5.74) is 10.8. The zero-order chi connectivity index (χ0) is 15.1. The molecule has 0 rings (SSSR count). The molecule has 0 amide bonds. The van der Waals surface area contributed by atoms with Crippen LogP contribution >= 0.6 is 13.0 Å². The van der Waals surface area contributed by atoms with Gasteiger partial charge in [0.2, 0.25) is 0 Å². The van der Waals surface area contributed by atoms with Crippen molar-refractivity contribution in [3.63, 3.8) is 0 Å². The van der Waals surface area contributed by atoms with Gasteiger partial charge in [0, 0.05) is 0 Å². The molecule has 0 aromatic rings. The van der Waals surface area contributed by atoms with Crippen LogP contribution in [0.2, 0.25) is 0 Å². The first kappa shape index (κ1) is 20.0. The van der Waals surface area contributed by atoms with Crippen LogP contribution in [0.25, 0.3) is 0 Å². The Kier molecular flexibility index (Phi) is 9.56. The average Bonchev–Trinajstić information content (AvgIpc) is 2.31. The maximum atomic E-state index is 9.82. The van der Waals surface area contributed by atoms with Crippen molar-refractivity contribution in [2.75, 3.05) is 32.3 Å². The largest absolute Gasteiger partial charge is 0.395 e. The molecule has 0 aliphatic heterocycles. The van der Waals surface area contributed by atoms with Gasteiger partial charge in [0.1, 0.15) is 0 Å². The molecule has 0 saturated carbocycles. The summed E-state index contributed by atoms with van der Waals surface area (Å²) >= 11 is 9.63. The molecular formula is C7H20N2O6P2S2. The molecule has 19 heavy (non-hydrogen) atoms. The van der Waals surface area contributed by atoms with Crippen molar-refractivity contribution in [2.45, 2.75) is 12.1 Å². The molecular weight excluding hydrogens is 334 g/mol. The Labute approximate surface area is 122 Å². The minimum Gasteiger partial charge on any atom is -0.395 e. The van der Waals surface area contributed by atoms with Gasteiger partial charge in [0.05, 0.1) is 44.4 Å². The third kappa shape index (κ3) is 10.4. The summed E-state index contributed by atoms with van der Waals surface area (Å²) in [5.74, 6) is -0.388. The SMILES string of the molecule is N[C@H](CO)COP(O)(=S)CP(O)(=S)OC[C@@H](N)CO. The van der Waals surface area contributed by atoms with Gasteiger partial charge in [-0.25, -0.2) is 0 Å². The van der Waals surface area contributed by atoms with E-state index in [0.717, 1.165) is 0 Å². The van der Waals surface area contributed by atoms with Crippen molar-refractivity contribution in [1.29, 1.82) is 0 Å². The number of hydrogen-bond acceptors (Lipinski definition) is 8. The Morgan fingerprint density at radius 3 is 1.47 bits per heavy atom. The van der Waals surface area contributed by atoms with E-state index in [9.17, 15) is 9.79 Å². The smallest absolute Gasteiger partial charge is 0.195 e. The molecule has 8 N–H and O–H groups in total. The lowest BCUT2D eigenvalue weighted by molar-refractivity contribution is 0.202. The second-order valence-electron chi connectivity index (χ2n) is 3.89. The standard InChI is InChI=1S/C7H20N2O6P2S2/c8-6(1-10)3-14-16(12,18)5-17(13,19)15-4-7(9)2-11/h6-7,10-11H,1-5,8-9H2,(H,12,18)(H,13,19)/t6-,7+,16?,17?. The topological polar surface area (TPSA) is 151 Å². The maximum absolute atomic E-state index is 9.82. The monoisotopic (exact) mass is 354 g/mol. The lowest BCUT2D eigenvalue weighted by Crippen LogP contribution is -2.30. The van der Waals surface area contributed by atoms with E-state index in [0.29, 0.717) is 0 Å². The number of nitrogens with two attached hydrogens (primary N) is 2. The van der Waals surface area contributed by atoms with Gasteiger partial charge in [0.25, 0.3) is 0 Å². The Morgan fingerprint density at radius 1 is 0.895 bits per heavy atom. The molecule has 0 aromatic heterocycles. The molecule has 0 aliphatic carbocycles. The van der Waals surface area contributed by atoms with Crippen LogP contribution in [-0.2, 0) is 32.7 Å². The third-order valence-electron chi connectivity index (χ3n) is 1.81. The Hall–Kier alpha value is 0.980. The van der Waals surface area contributed by atoms with Gasteiger partial charge in [-0.15, -0.1) is 0 Å². The summed E-state index contributed by atoms with van der Waals surface area (Å²) in [6, 6.07) is -1.34. The Balaban J connectivity index is 4.30. The Bertz CT molecular complexity index is 328. The van der Waals surface area contributed by atoms with E-state index in [1.54, 1.807) is 0 Å². The summed E-state index contributed by atoms with van der Waals surface area (Å²) in [5, 5.41) is 17.4. The fraction of sp³-hybridized carbons (Fsp3) is 1.00. The second kappa shape index (κ2) is 9.09. The van der Waals surface area contributed by atoms with Gasteiger partial charge in [-0.3, -0.25) is 0 Å². The molecule has 116 valence electrons. The van der Waals surface area contributed by atoms with Crippen molar-refractivity contribution in [3.05, 3.63) is 0 Å². The van der Waals surface area contributed by atoms with E-state index in [1.807, 2.05) is 0 Å². The fourth-order valence-electron chi connectivity index (χ4n) is 0.837. The number of hydrogen-bond donors (Lipinski definition) is 6. The van der Waals surface area contributed by atoms with Crippen LogP contribution in [0.4, 0.5) is 0 Å². The second-order valence-corrected chi connectivity index (χ2v) is 11.5. The third-order valence-corrected chi connectivity index (χ3v) is 8.48. The van der Waals surface area contributed by atoms with E-state index >= 15 is 0 Å². The van der Waals surface area contributed by atoms with Crippen molar-refractivity contribution in [3.8, 4) is 0 Å². The van der Waals surface area contributed by atoms with Gasteiger partial charge in [-0.1, -0.05) is 0 Å². The molecule has 0 aromatic carbocycles. The highest BCUT2D eigenvalue weighted by Gasteiger charge is 2.27. The van der Waals surface area contributed by atoms with Crippen molar-refractivity contribution >= 4 is 36.6 Å². The average molecular weight is 354 g/mol. The van der Waals surface area contributed by atoms with E-state index < -0.39 is 25.1 Å². The summed E-state index contributed by atoms with van der Waals surface area (Å²) in [6.45, 7) is -7.60. The first-order chi connectivity index (χ1) is 8.62. The first-order valence-corrected chi connectivity index (χ1v) is 11.0. The molecule has 4 atom stereocenters. The van der Waals surface area contributed by atoms with Crippen LogP contribution in [-0.4, -0.2) is 64.4 Å². The molecule has 0 aliphatic rings. The van der Waals surface area contributed by atoms with Gasteiger partial charge < -0.3 is 40.5 Å². The highest BCUT2D eigenvalue weighted by Crippen LogP contribution is 2.58. The summed E-state index contributed by atoms with van der Waals surface area (Å²) in [7, 11) is 0.